The Kier molecular flexibility index (Phi) is 2.79. The van der Waals surface area contributed by atoms with Crippen molar-refractivity contribution in [2.24, 2.45) is 17.3 Å². The quantitative estimate of drug-likeness (QED) is 0.530. The van der Waals surface area contributed by atoms with Crippen molar-refractivity contribution in [2.45, 2.75) is 56.9 Å². The summed E-state index contributed by atoms with van der Waals surface area (Å²) in [4.78, 5) is 0. The van der Waals surface area contributed by atoms with Crippen LogP contribution in [0.15, 0.2) is 35.1 Å². The van der Waals surface area contributed by atoms with Gasteiger partial charge in [-0.15, -0.1) is 0 Å². The predicted molar refractivity (Wildman–Crippen MR) is 86.9 cm³/mol. The Labute approximate surface area is 128 Å². The van der Waals surface area contributed by atoms with Gasteiger partial charge in [-0.3, -0.25) is 0 Å². The highest BCUT2D eigenvalue weighted by molar-refractivity contribution is 6.18. The number of aliphatic hydroxyl groups is 2. The van der Waals surface area contributed by atoms with E-state index < -0.39 is 0 Å². The van der Waals surface area contributed by atoms with Crippen molar-refractivity contribution in [1.29, 1.82) is 0 Å². The fourth-order valence-corrected chi connectivity index (χ4v) is 5.76. The normalized spacial score (nSPS) is 48.5. The summed E-state index contributed by atoms with van der Waals surface area (Å²) in [5.41, 5.74) is 3.47. The van der Waals surface area contributed by atoms with Gasteiger partial charge in [0.2, 0.25) is 0 Å². The summed E-state index contributed by atoms with van der Waals surface area (Å²) in [5.74, 6) is 1.44. The molecule has 4 aliphatic rings. The third kappa shape index (κ3) is 1.83. The average Bonchev–Trinajstić information content (AvgIpc) is 2.73. The van der Waals surface area contributed by atoms with Gasteiger partial charge in [-0.2, -0.15) is 0 Å². The molecular weight excluding hydrogens is 259 g/mol. The van der Waals surface area contributed by atoms with Crippen LogP contribution in [-0.2, 0) is 0 Å². The van der Waals surface area contributed by atoms with Crippen molar-refractivity contribution >= 4 is 7.85 Å². The molecule has 2 nitrogen and oxygen atoms in total. The predicted octanol–water partition coefficient (Wildman–Crippen LogP) is 3.07. The summed E-state index contributed by atoms with van der Waals surface area (Å²) in [7, 11) is 2.43. The second-order valence-corrected chi connectivity index (χ2v) is 8.18. The zero-order valence-corrected chi connectivity index (χ0v) is 13.1. The van der Waals surface area contributed by atoms with Gasteiger partial charge < -0.3 is 10.2 Å². The molecule has 0 bridgehead atoms. The Bertz CT molecular complexity index is 576. The van der Waals surface area contributed by atoms with E-state index in [9.17, 15) is 10.2 Å². The molecule has 0 amide bonds. The Hall–Kier alpha value is -0.955. The number of fused-ring (bicyclic) bond motifs is 4. The Balaban J connectivity index is 1.79. The molecule has 2 fully saturated rings. The second-order valence-electron chi connectivity index (χ2n) is 8.18. The zero-order valence-electron chi connectivity index (χ0n) is 13.1. The van der Waals surface area contributed by atoms with E-state index in [4.69, 9.17) is 0 Å². The minimum absolute atomic E-state index is 0.136. The molecule has 3 heteroatoms. The van der Waals surface area contributed by atoms with Crippen LogP contribution in [0.25, 0.3) is 0 Å². The van der Waals surface area contributed by atoms with E-state index in [2.05, 4.69) is 26.9 Å². The molecule has 112 valence electrons. The molecule has 2 saturated carbocycles. The standard InChI is InChI=1S/C18H25BO2/c1-17-6-7-18(19)14-5-3-12(20)8-11(14)2-4-15(18)16(17)9-13(21)10-17/h3,5,8,11,13-14,20-21H,2,4,6-7,9-10,19H2,1H3/t11?,13-,14?,17-,18+/m1/s1. The van der Waals surface area contributed by atoms with E-state index in [0.717, 1.165) is 25.7 Å². The second kappa shape index (κ2) is 4.28. The first-order chi connectivity index (χ1) is 9.92. The fourth-order valence-electron chi connectivity index (χ4n) is 5.76. The van der Waals surface area contributed by atoms with Gasteiger partial charge in [0.25, 0.3) is 0 Å². The molecule has 0 aromatic heterocycles. The van der Waals surface area contributed by atoms with Gasteiger partial charge in [0.1, 0.15) is 13.6 Å². The van der Waals surface area contributed by atoms with Gasteiger partial charge in [-0.25, -0.2) is 0 Å². The highest BCUT2D eigenvalue weighted by Gasteiger charge is 2.53. The molecule has 2 N–H and O–H groups in total. The molecule has 0 aliphatic heterocycles. The van der Waals surface area contributed by atoms with Crippen LogP contribution >= 0.6 is 0 Å². The summed E-state index contributed by atoms with van der Waals surface area (Å²) in [6, 6.07) is 0. The topological polar surface area (TPSA) is 40.5 Å². The van der Waals surface area contributed by atoms with Crippen LogP contribution in [0, 0.1) is 17.3 Å². The first-order valence-electron chi connectivity index (χ1n) is 8.42. The van der Waals surface area contributed by atoms with Crippen molar-refractivity contribution in [3.05, 3.63) is 35.1 Å². The maximum absolute atomic E-state index is 10.2. The van der Waals surface area contributed by atoms with Gasteiger partial charge in [0, 0.05) is 0 Å². The van der Waals surface area contributed by atoms with E-state index in [1.54, 1.807) is 11.1 Å². The van der Waals surface area contributed by atoms with Crippen molar-refractivity contribution in [3.63, 3.8) is 0 Å². The van der Waals surface area contributed by atoms with E-state index in [0.29, 0.717) is 17.6 Å². The van der Waals surface area contributed by atoms with Crippen LogP contribution < -0.4 is 0 Å². The SMILES string of the molecule is B[C@]12CC[C@]3(C)C[C@H](O)CC3=C1CCC1C=C(O)C=CC12. The van der Waals surface area contributed by atoms with Gasteiger partial charge in [-0.1, -0.05) is 24.1 Å². The molecule has 0 saturated heterocycles. The molecule has 2 unspecified atom stereocenters. The first kappa shape index (κ1) is 13.7. The Morgan fingerprint density at radius 2 is 2.10 bits per heavy atom. The van der Waals surface area contributed by atoms with Crippen molar-refractivity contribution in [3.8, 4) is 0 Å². The molecule has 0 radical (unpaired) electrons. The number of aliphatic hydroxyl groups excluding tert-OH is 2. The van der Waals surface area contributed by atoms with E-state index in [1.807, 2.05) is 6.08 Å². The van der Waals surface area contributed by atoms with Crippen LogP contribution in [0.2, 0.25) is 5.31 Å². The lowest BCUT2D eigenvalue weighted by Crippen LogP contribution is -2.40. The Morgan fingerprint density at radius 1 is 1.29 bits per heavy atom. The molecule has 5 atom stereocenters. The molecule has 4 rings (SSSR count). The van der Waals surface area contributed by atoms with E-state index in [-0.39, 0.29) is 16.8 Å². The lowest BCUT2D eigenvalue weighted by molar-refractivity contribution is 0.154. The van der Waals surface area contributed by atoms with Gasteiger partial charge in [0.05, 0.1) is 6.10 Å². The summed E-state index contributed by atoms with van der Waals surface area (Å²) in [5, 5.41) is 20.2. The number of rotatable bonds is 0. The highest BCUT2D eigenvalue weighted by Crippen LogP contribution is 2.65. The maximum atomic E-state index is 10.2. The minimum Gasteiger partial charge on any atom is -0.508 e. The van der Waals surface area contributed by atoms with Gasteiger partial charge in [-0.05, 0) is 73.2 Å². The van der Waals surface area contributed by atoms with Crippen molar-refractivity contribution in [1.82, 2.24) is 0 Å². The fraction of sp³-hybridized carbons (Fsp3) is 0.667. The summed E-state index contributed by atoms with van der Waals surface area (Å²) in [6.45, 7) is 2.36. The minimum atomic E-state index is -0.136. The first-order valence-corrected chi connectivity index (χ1v) is 8.42. The molecule has 4 aliphatic carbocycles. The third-order valence-electron chi connectivity index (χ3n) is 6.89. The Morgan fingerprint density at radius 3 is 2.90 bits per heavy atom. The van der Waals surface area contributed by atoms with E-state index >= 15 is 0 Å². The van der Waals surface area contributed by atoms with Crippen LogP contribution in [-0.4, -0.2) is 24.2 Å². The largest absolute Gasteiger partial charge is 0.508 e. The lowest BCUT2D eigenvalue weighted by Gasteiger charge is -2.53. The molecule has 0 aromatic carbocycles. The molecule has 0 spiro atoms. The molecule has 0 aromatic rings. The summed E-state index contributed by atoms with van der Waals surface area (Å²) in [6.07, 6.45) is 12.6. The molecule has 0 heterocycles. The number of hydrogen-bond donors (Lipinski definition) is 2. The number of allylic oxidation sites excluding steroid dienone is 4. The van der Waals surface area contributed by atoms with Crippen molar-refractivity contribution in [2.75, 3.05) is 0 Å². The summed E-state index contributed by atoms with van der Waals surface area (Å²) < 4.78 is 0. The van der Waals surface area contributed by atoms with Crippen LogP contribution in [0.1, 0.15) is 45.4 Å². The van der Waals surface area contributed by atoms with Gasteiger partial charge in [0.15, 0.2) is 0 Å². The third-order valence-corrected chi connectivity index (χ3v) is 6.89. The van der Waals surface area contributed by atoms with Crippen LogP contribution in [0.3, 0.4) is 0 Å². The smallest absolute Gasteiger partial charge is 0.115 e. The van der Waals surface area contributed by atoms with Gasteiger partial charge >= 0.3 is 0 Å². The monoisotopic (exact) mass is 284 g/mol. The van der Waals surface area contributed by atoms with E-state index in [1.165, 1.54) is 12.8 Å². The molecular formula is C18H25BO2. The van der Waals surface area contributed by atoms with Crippen molar-refractivity contribution < 1.29 is 10.2 Å². The van der Waals surface area contributed by atoms with Crippen LogP contribution in [0.4, 0.5) is 0 Å². The lowest BCUT2D eigenvalue weighted by atomic mass is 9.43. The average molecular weight is 284 g/mol. The number of hydrogen-bond acceptors (Lipinski definition) is 2. The van der Waals surface area contributed by atoms with Crippen LogP contribution in [0.5, 0.6) is 0 Å². The maximum Gasteiger partial charge on any atom is 0.115 e. The highest BCUT2D eigenvalue weighted by atomic mass is 16.3. The summed E-state index contributed by atoms with van der Waals surface area (Å²) >= 11 is 0. The molecule has 21 heavy (non-hydrogen) atoms. The zero-order chi connectivity index (χ0) is 14.8.